The summed E-state index contributed by atoms with van der Waals surface area (Å²) in [5, 5.41) is 0. The lowest BCUT2D eigenvalue weighted by Gasteiger charge is -2.20. The van der Waals surface area contributed by atoms with Gasteiger partial charge in [-0.2, -0.15) is 0 Å². The van der Waals surface area contributed by atoms with E-state index in [1.165, 1.54) is 77.0 Å². The van der Waals surface area contributed by atoms with Crippen LogP contribution in [-0.2, 0) is 4.79 Å². The van der Waals surface area contributed by atoms with Crippen LogP contribution in [-0.4, -0.2) is 31.5 Å². The van der Waals surface area contributed by atoms with Crippen molar-refractivity contribution in [3.8, 4) is 0 Å². The van der Waals surface area contributed by atoms with E-state index < -0.39 is 10.2 Å². The van der Waals surface area contributed by atoms with Crippen molar-refractivity contribution in [3.63, 3.8) is 0 Å². The Labute approximate surface area is 162 Å². The predicted octanol–water partition coefficient (Wildman–Crippen LogP) is 0.945. The van der Waals surface area contributed by atoms with Gasteiger partial charge in [-0.3, -0.25) is 4.48 Å². The summed E-state index contributed by atoms with van der Waals surface area (Å²) in [4.78, 5) is 11.7. The van der Waals surface area contributed by atoms with Gasteiger partial charge in [-0.15, -0.1) is 10.2 Å². The molecule has 0 saturated carbocycles. The molecule has 0 rings (SSSR count). The SMILES string of the molecule is CCCCCCCCCCCCCCCC(=O)[N+](C)(C)C.[O-][Cl+3]([O-])([O-])[O-]. The first-order valence-corrected chi connectivity index (χ1v) is 11.2. The summed E-state index contributed by atoms with van der Waals surface area (Å²) in [5.74, 6) is 0.359. The summed E-state index contributed by atoms with van der Waals surface area (Å²) in [5.41, 5.74) is 0. The second kappa shape index (κ2) is 16.9. The lowest BCUT2D eigenvalue weighted by atomic mass is 10.0. The average Bonchev–Trinajstić information content (AvgIpc) is 2.49. The predicted molar refractivity (Wildman–Crippen MR) is 93.4 cm³/mol. The lowest BCUT2D eigenvalue weighted by Crippen LogP contribution is -2.68. The number of hydrogen-bond acceptors (Lipinski definition) is 5. The fourth-order valence-electron chi connectivity index (χ4n) is 2.63. The van der Waals surface area contributed by atoms with Crippen LogP contribution in [0.5, 0.6) is 0 Å². The Kier molecular flexibility index (Phi) is 18.2. The second-order valence-corrected chi connectivity index (χ2v) is 8.53. The van der Waals surface area contributed by atoms with Crippen molar-refractivity contribution in [3.05, 3.63) is 0 Å². The molecule has 0 fully saturated rings. The van der Waals surface area contributed by atoms with E-state index in [2.05, 4.69) is 6.92 Å². The fourth-order valence-corrected chi connectivity index (χ4v) is 2.63. The van der Waals surface area contributed by atoms with Crippen molar-refractivity contribution in [2.45, 2.75) is 96.8 Å². The number of carbonyl (C=O) groups excluding carboxylic acids is 1. The Balaban J connectivity index is 0. The zero-order chi connectivity index (χ0) is 20.5. The molecule has 0 atom stereocenters. The molecule has 158 valence electrons. The van der Waals surface area contributed by atoms with Gasteiger partial charge in [-0.1, -0.05) is 84.0 Å². The van der Waals surface area contributed by atoms with Crippen LogP contribution in [0, 0.1) is 10.2 Å². The summed E-state index contributed by atoms with van der Waals surface area (Å²) in [6.07, 6.45) is 18.4. The molecule has 0 aliphatic heterocycles. The van der Waals surface area contributed by atoms with Crippen LogP contribution in [0.3, 0.4) is 0 Å². The minimum atomic E-state index is -4.94. The highest BCUT2D eigenvalue weighted by molar-refractivity contribution is 5.68. The molecule has 1 amide bonds. The second-order valence-electron chi connectivity index (χ2n) is 7.78. The van der Waals surface area contributed by atoms with Gasteiger partial charge in [0.1, 0.15) is 0 Å². The molecule has 0 aromatic heterocycles. The number of carbonyl (C=O) groups is 1. The van der Waals surface area contributed by atoms with Crippen LogP contribution in [0.25, 0.3) is 0 Å². The summed E-state index contributed by atoms with van der Waals surface area (Å²) in [6, 6.07) is 0. The third-order valence-electron chi connectivity index (χ3n) is 4.24. The molecule has 0 heterocycles. The first-order valence-electron chi connectivity index (χ1n) is 9.95. The molecule has 0 N–H and O–H groups in total. The number of nitrogens with zero attached hydrogens (tertiary/aromatic N) is 1. The zero-order valence-corrected chi connectivity index (χ0v) is 18.0. The van der Waals surface area contributed by atoms with E-state index in [4.69, 9.17) is 18.6 Å². The van der Waals surface area contributed by atoms with Gasteiger partial charge in [-0.05, 0) is 6.42 Å². The monoisotopic (exact) mass is 397 g/mol. The van der Waals surface area contributed by atoms with E-state index in [0.717, 1.165) is 12.8 Å². The van der Waals surface area contributed by atoms with Crippen LogP contribution < -0.4 is 18.6 Å². The highest BCUT2D eigenvalue weighted by Gasteiger charge is 2.18. The minimum Gasteiger partial charge on any atom is -0.268 e. The van der Waals surface area contributed by atoms with Gasteiger partial charge >= 0.3 is 5.91 Å². The smallest absolute Gasteiger partial charge is 0.268 e. The summed E-state index contributed by atoms with van der Waals surface area (Å²) in [7, 11) is 0.944. The number of unbranched alkanes of at least 4 members (excludes halogenated alkanes) is 12. The molecule has 26 heavy (non-hydrogen) atoms. The maximum Gasteiger partial charge on any atom is 0.313 e. The van der Waals surface area contributed by atoms with E-state index in [1.807, 2.05) is 21.1 Å². The molecule has 7 heteroatoms. The van der Waals surface area contributed by atoms with Gasteiger partial charge in [0.05, 0.1) is 27.6 Å². The summed E-state index contributed by atoms with van der Waals surface area (Å²) in [6.45, 7) is 2.28. The van der Waals surface area contributed by atoms with Crippen molar-refractivity contribution in [1.29, 1.82) is 0 Å². The van der Waals surface area contributed by atoms with Gasteiger partial charge in [0, 0.05) is 0 Å². The molecule has 0 aliphatic rings. The molecular weight excluding hydrogens is 358 g/mol. The van der Waals surface area contributed by atoms with Gasteiger partial charge < -0.3 is 0 Å². The third kappa shape index (κ3) is 28.6. The molecule has 0 unspecified atom stereocenters. The van der Waals surface area contributed by atoms with Crippen molar-refractivity contribution >= 4 is 5.91 Å². The molecule has 0 aromatic rings. The molecule has 0 aromatic carbocycles. The molecule has 0 radical (unpaired) electrons. The minimum absolute atomic E-state index is 0.359. The summed E-state index contributed by atoms with van der Waals surface area (Å²) >= 11 is 0. The highest BCUT2D eigenvalue weighted by Crippen LogP contribution is 2.13. The van der Waals surface area contributed by atoms with Crippen molar-refractivity contribution in [2.75, 3.05) is 21.1 Å². The molecule has 6 nitrogen and oxygen atoms in total. The molecule has 0 saturated heterocycles. The largest absolute Gasteiger partial charge is 0.313 e. The van der Waals surface area contributed by atoms with Gasteiger partial charge in [0.25, 0.3) is 0 Å². The van der Waals surface area contributed by atoms with Crippen LogP contribution in [0.15, 0.2) is 0 Å². The Morgan fingerprint density at radius 1 is 0.654 bits per heavy atom. The molecule has 0 bridgehead atoms. The maximum absolute atomic E-state index is 11.7. The van der Waals surface area contributed by atoms with Crippen molar-refractivity contribution in [1.82, 2.24) is 0 Å². The topological polar surface area (TPSA) is 109 Å². The Bertz CT molecular complexity index is 321. The van der Waals surface area contributed by atoms with E-state index in [0.29, 0.717) is 10.4 Å². The maximum atomic E-state index is 11.7. The van der Waals surface area contributed by atoms with E-state index in [1.54, 1.807) is 0 Å². The fraction of sp³-hybridized carbons (Fsp3) is 0.947. The molecule has 0 aliphatic carbocycles. The number of quaternary nitrogens is 1. The normalized spacial score (nSPS) is 11.8. The number of halogens is 1. The van der Waals surface area contributed by atoms with Crippen LogP contribution in [0.4, 0.5) is 0 Å². The van der Waals surface area contributed by atoms with Gasteiger partial charge in [0.2, 0.25) is 0 Å². The average molecular weight is 398 g/mol. The lowest BCUT2D eigenvalue weighted by molar-refractivity contribution is -2.00. The standard InChI is InChI=1S/C19H40NO.ClHO4/c1-5-6-7-8-9-10-11-12-13-14-15-16-17-18-19(21)20(2,3)4;2-1(3,4)5/h5-18H2,1-4H3;(H,2,3,4,5)/q+1;/p-1. The zero-order valence-electron chi connectivity index (χ0n) is 17.3. The van der Waals surface area contributed by atoms with Crippen molar-refractivity contribution in [2.24, 2.45) is 0 Å². The van der Waals surface area contributed by atoms with E-state index in [-0.39, 0.29) is 0 Å². The van der Waals surface area contributed by atoms with Gasteiger partial charge in [0.15, 0.2) is 0 Å². The number of amides is 1. The van der Waals surface area contributed by atoms with Gasteiger partial charge in [-0.25, -0.2) is 23.4 Å². The van der Waals surface area contributed by atoms with E-state index in [9.17, 15) is 4.79 Å². The quantitative estimate of drug-likeness (QED) is 0.320. The third-order valence-corrected chi connectivity index (χ3v) is 4.24. The van der Waals surface area contributed by atoms with E-state index >= 15 is 0 Å². The van der Waals surface area contributed by atoms with Crippen LogP contribution in [0.2, 0.25) is 0 Å². The first kappa shape index (κ1) is 28.0. The van der Waals surface area contributed by atoms with Crippen LogP contribution >= 0.6 is 0 Å². The summed E-state index contributed by atoms with van der Waals surface area (Å²) < 4.78 is 34.4. The molecule has 0 spiro atoms. The Morgan fingerprint density at radius 3 is 1.19 bits per heavy atom. The van der Waals surface area contributed by atoms with Crippen LogP contribution in [0.1, 0.15) is 96.8 Å². The Hall–Kier alpha value is -0.240. The highest BCUT2D eigenvalue weighted by atomic mass is 35.7. The number of rotatable bonds is 14. The van der Waals surface area contributed by atoms with Crippen molar-refractivity contribution < 1.29 is 38.2 Å². The Morgan fingerprint density at radius 2 is 0.923 bits per heavy atom. The first-order chi connectivity index (χ1) is 12.0. The number of hydrogen-bond donors (Lipinski definition) is 0. The molecular formula is C19H40ClNO5.